The van der Waals surface area contributed by atoms with Gasteiger partial charge < -0.3 is 34.3 Å². The van der Waals surface area contributed by atoms with Crippen LogP contribution < -0.4 is 10.4 Å². The van der Waals surface area contributed by atoms with E-state index in [0.717, 1.165) is 5.39 Å². The van der Waals surface area contributed by atoms with Gasteiger partial charge in [0.25, 0.3) is 0 Å². The maximum absolute atomic E-state index is 11.2. The Morgan fingerprint density at radius 3 is 2.52 bits per heavy atom. The molecule has 0 spiro atoms. The molecule has 0 saturated carbocycles. The maximum Gasteiger partial charge on any atom is 0.336 e. The van der Waals surface area contributed by atoms with Crippen LogP contribution in [0, 0.1) is 0 Å². The van der Waals surface area contributed by atoms with E-state index in [-0.39, 0.29) is 6.61 Å². The van der Waals surface area contributed by atoms with Crippen LogP contribution in [0.2, 0.25) is 0 Å². The molecule has 4 N–H and O–H groups in total. The van der Waals surface area contributed by atoms with Crippen molar-refractivity contribution in [2.45, 2.75) is 30.7 Å². The summed E-state index contributed by atoms with van der Waals surface area (Å²) in [7, 11) is 0. The van der Waals surface area contributed by atoms with Crippen molar-refractivity contribution in [2.24, 2.45) is 0 Å². The molecule has 5 atom stereocenters. The van der Waals surface area contributed by atoms with Crippen molar-refractivity contribution >= 4 is 11.0 Å². The van der Waals surface area contributed by atoms with E-state index in [9.17, 15) is 25.2 Å². The summed E-state index contributed by atoms with van der Waals surface area (Å²) in [5.74, 6) is 0.359. The molecule has 1 aliphatic heterocycles. The van der Waals surface area contributed by atoms with Gasteiger partial charge in [0.1, 0.15) is 42.4 Å². The molecule has 1 aromatic carbocycles. The number of hydrogen-bond acceptors (Lipinski definition) is 8. The lowest BCUT2D eigenvalue weighted by Crippen LogP contribution is -2.58. The van der Waals surface area contributed by atoms with Crippen molar-refractivity contribution in [2.75, 3.05) is 6.61 Å². The van der Waals surface area contributed by atoms with Gasteiger partial charge in [-0.1, -0.05) is 0 Å². The van der Waals surface area contributed by atoms with Gasteiger partial charge in [0.05, 0.1) is 0 Å². The van der Waals surface area contributed by atoms with Crippen LogP contribution in [0.5, 0.6) is 5.75 Å². The van der Waals surface area contributed by atoms with Crippen molar-refractivity contribution in [1.82, 2.24) is 0 Å². The molecule has 0 aliphatic carbocycles. The molecule has 5 unspecified atom stereocenters. The molecule has 3 rings (SSSR count). The molecule has 1 fully saturated rings. The first kappa shape index (κ1) is 15.9. The van der Waals surface area contributed by atoms with Crippen LogP contribution in [-0.4, -0.2) is 57.7 Å². The highest BCUT2D eigenvalue weighted by Crippen LogP contribution is 2.23. The molecule has 124 valence electrons. The fourth-order valence-electron chi connectivity index (χ4n) is 2.38. The Hall–Kier alpha value is -1.97. The van der Waals surface area contributed by atoms with Gasteiger partial charge in [-0.3, -0.25) is 0 Å². The Kier molecular flexibility index (Phi) is 4.33. The summed E-state index contributed by atoms with van der Waals surface area (Å²) in [6.07, 6.45) is -7.18. The lowest BCUT2D eigenvalue weighted by Gasteiger charge is -2.38. The second kappa shape index (κ2) is 6.26. The molecule has 2 heterocycles. The second-order valence-electron chi connectivity index (χ2n) is 5.30. The Balaban J connectivity index is 1.71. The van der Waals surface area contributed by atoms with Crippen LogP contribution >= 0.6 is 0 Å². The summed E-state index contributed by atoms with van der Waals surface area (Å²) >= 11 is 0. The van der Waals surface area contributed by atoms with E-state index < -0.39 is 36.3 Å². The lowest BCUT2D eigenvalue weighted by molar-refractivity contribution is -0.285. The van der Waals surface area contributed by atoms with Crippen molar-refractivity contribution < 1.29 is 34.3 Å². The third-order valence-electron chi connectivity index (χ3n) is 3.70. The fourth-order valence-corrected chi connectivity index (χ4v) is 2.38. The number of aliphatic hydroxyl groups is 4. The van der Waals surface area contributed by atoms with E-state index in [1.54, 1.807) is 18.2 Å². The molecule has 23 heavy (non-hydrogen) atoms. The average molecular weight is 324 g/mol. The topological polar surface area (TPSA) is 130 Å². The maximum atomic E-state index is 11.2. The van der Waals surface area contributed by atoms with E-state index in [1.165, 1.54) is 12.1 Å². The van der Waals surface area contributed by atoms with Gasteiger partial charge in [0.15, 0.2) is 6.29 Å². The Labute approximate surface area is 130 Å². The molecular formula is C15H16O8. The van der Waals surface area contributed by atoms with Gasteiger partial charge in [0, 0.05) is 17.5 Å². The Morgan fingerprint density at radius 2 is 1.74 bits per heavy atom. The van der Waals surface area contributed by atoms with Crippen LogP contribution in [0.15, 0.2) is 39.5 Å². The minimum atomic E-state index is -1.61. The van der Waals surface area contributed by atoms with Gasteiger partial charge in [-0.25, -0.2) is 4.79 Å². The smallest absolute Gasteiger partial charge is 0.336 e. The predicted molar refractivity (Wildman–Crippen MR) is 76.9 cm³/mol. The van der Waals surface area contributed by atoms with Crippen molar-refractivity contribution in [3.8, 4) is 5.75 Å². The van der Waals surface area contributed by atoms with E-state index in [0.29, 0.717) is 11.3 Å². The lowest BCUT2D eigenvalue weighted by atomic mass is 9.99. The van der Waals surface area contributed by atoms with E-state index >= 15 is 0 Å². The van der Waals surface area contributed by atoms with Gasteiger partial charge in [-0.2, -0.15) is 0 Å². The van der Waals surface area contributed by atoms with Crippen molar-refractivity contribution in [1.29, 1.82) is 0 Å². The number of rotatable bonds is 3. The highest BCUT2D eigenvalue weighted by Gasteiger charge is 2.43. The van der Waals surface area contributed by atoms with Gasteiger partial charge in [-0.05, 0) is 18.2 Å². The summed E-state index contributed by atoms with van der Waals surface area (Å²) in [6, 6.07) is 7.77. The summed E-state index contributed by atoms with van der Waals surface area (Å²) in [5.41, 5.74) is -0.142. The first-order chi connectivity index (χ1) is 11.0. The first-order valence-electron chi connectivity index (χ1n) is 7.00. The highest BCUT2D eigenvalue weighted by atomic mass is 16.6. The quantitative estimate of drug-likeness (QED) is 0.528. The van der Waals surface area contributed by atoms with Crippen molar-refractivity contribution in [3.05, 3.63) is 40.8 Å². The number of benzene rings is 1. The largest absolute Gasteiger partial charge is 0.491 e. The standard InChI is InChI=1S/C15H16O8/c16-11-4-2-7-1-3-8(5-9(7)22-11)21-6-10-12(17)13(18)14(19)15(20)23-10/h1-5,10,12-15,17-20H,6H2. The third-order valence-corrected chi connectivity index (χ3v) is 3.70. The van der Waals surface area contributed by atoms with E-state index in [4.69, 9.17) is 13.9 Å². The SMILES string of the molecule is O=c1ccc2ccc(OCC3OC(O)C(O)C(O)C3O)cc2o1. The molecular weight excluding hydrogens is 308 g/mol. The van der Waals surface area contributed by atoms with Crippen LogP contribution in [0.25, 0.3) is 11.0 Å². The molecule has 0 amide bonds. The fraction of sp³-hybridized carbons (Fsp3) is 0.400. The number of aliphatic hydroxyl groups excluding tert-OH is 4. The molecule has 0 bridgehead atoms. The second-order valence-corrected chi connectivity index (χ2v) is 5.30. The summed E-state index contributed by atoms with van der Waals surface area (Å²) in [4.78, 5) is 11.2. The molecule has 1 saturated heterocycles. The first-order valence-corrected chi connectivity index (χ1v) is 7.00. The zero-order valence-electron chi connectivity index (χ0n) is 11.9. The Morgan fingerprint density at radius 1 is 1.00 bits per heavy atom. The minimum absolute atomic E-state index is 0.176. The van der Waals surface area contributed by atoms with Gasteiger partial charge in [0.2, 0.25) is 0 Å². The zero-order chi connectivity index (χ0) is 16.6. The van der Waals surface area contributed by atoms with Crippen molar-refractivity contribution in [3.63, 3.8) is 0 Å². The molecule has 8 nitrogen and oxygen atoms in total. The molecule has 1 aliphatic rings. The summed E-state index contributed by atoms with van der Waals surface area (Å²) in [6.45, 7) is -0.176. The Bertz CT molecular complexity index is 742. The average Bonchev–Trinajstić information content (AvgIpc) is 2.54. The number of hydrogen-bond donors (Lipinski definition) is 4. The van der Waals surface area contributed by atoms with E-state index in [1.807, 2.05) is 0 Å². The number of ether oxygens (including phenoxy) is 2. The monoisotopic (exact) mass is 324 g/mol. The van der Waals surface area contributed by atoms with Crippen LogP contribution in [0.3, 0.4) is 0 Å². The van der Waals surface area contributed by atoms with Crippen LogP contribution in [0.1, 0.15) is 0 Å². The van der Waals surface area contributed by atoms with Crippen LogP contribution in [-0.2, 0) is 4.74 Å². The predicted octanol–water partition coefficient (Wildman–Crippen LogP) is -1.03. The van der Waals surface area contributed by atoms with E-state index in [2.05, 4.69) is 0 Å². The molecule has 8 heteroatoms. The van der Waals surface area contributed by atoms with Gasteiger partial charge >= 0.3 is 5.63 Å². The zero-order valence-corrected chi connectivity index (χ0v) is 11.9. The summed E-state index contributed by atoms with van der Waals surface area (Å²) < 4.78 is 15.5. The highest BCUT2D eigenvalue weighted by molar-refractivity contribution is 5.77. The minimum Gasteiger partial charge on any atom is -0.491 e. The molecule has 1 aromatic heterocycles. The molecule has 2 aromatic rings. The number of fused-ring (bicyclic) bond motifs is 1. The third kappa shape index (κ3) is 3.21. The van der Waals surface area contributed by atoms with Crippen LogP contribution in [0.4, 0.5) is 0 Å². The van der Waals surface area contributed by atoms with Gasteiger partial charge in [-0.15, -0.1) is 0 Å². The normalized spacial score (nSPS) is 31.2. The summed E-state index contributed by atoms with van der Waals surface area (Å²) in [5, 5.41) is 39.0. The molecule has 0 radical (unpaired) electrons.